The second-order valence-electron chi connectivity index (χ2n) is 3.57. The molecule has 14 heavy (non-hydrogen) atoms. The Bertz CT molecular complexity index is 286. The molecule has 1 saturated heterocycles. The molecule has 0 saturated carbocycles. The molecule has 0 aliphatic carbocycles. The highest BCUT2D eigenvalue weighted by molar-refractivity contribution is 5.18. The van der Waals surface area contributed by atoms with E-state index in [-0.39, 0.29) is 5.92 Å². The van der Waals surface area contributed by atoms with Gasteiger partial charge in [0, 0.05) is 5.92 Å². The van der Waals surface area contributed by atoms with Gasteiger partial charge < -0.3 is 14.9 Å². The van der Waals surface area contributed by atoms with Crippen LogP contribution in [0.3, 0.4) is 0 Å². The second-order valence-corrected chi connectivity index (χ2v) is 3.57. The Morgan fingerprint density at radius 3 is 2.57 bits per heavy atom. The molecule has 76 valence electrons. The van der Waals surface area contributed by atoms with Gasteiger partial charge in [-0.2, -0.15) is 0 Å². The van der Waals surface area contributed by atoms with Crippen molar-refractivity contribution in [1.29, 1.82) is 0 Å². The first kappa shape index (κ1) is 9.65. The summed E-state index contributed by atoms with van der Waals surface area (Å²) in [6.45, 7) is 0.524. The normalized spacial score (nSPS) is 29.0. The standard InChI is InChI=1S/C11H14O3/c12-10(8-4-2-1-3-5-8)9-6-7-14-11(9)13/h1-5,9-13H,6-7H2. The number of hydrogen-bond acceptors (Lipinski definition) is 3. The van der Waals surface area contributed by atoms with Crippen molar-refractivity contribution >= 4 is 0 Å². The predicted octanol–water partition coefficient (Wildman–Crippen LogP) is 1.07. The van der Waals surface area contributed by atoms with Crippen molar-refractivity contribution < 1.29 is 14.9 Å². The average molecular weight is 194 g/mol. The van der Waals surface area contributed by atoms with E-state index in [4.69, 9.17) is 4.74 Å². The van der Waals surface area contributed by atoms with Crippen molar-refractivity contribution in [2.45, 2.75) is 18.8 Å². The molecule has 0 radical (unpaired) electrons. The lowest BCUT2D eigenvalue weighted by atomic mass is 9.94. The molecular formula is C11H14O3. The molecule has 1 aliphatic rings. The van der Waals surface area contributed by atoms with Gasteiger partial charge in [0.2, 0.25) is 0 Å². The van der Waals surface area contributed by atoms with Crippen molar-refractivity contribution in [3.63, 3.8) is 0 Å². The highest BCUT2D eigenvalue weighted by atomic mass is 16.6. The summed E-state index contributed by atoms with van der Waals surface area (Å²) in [5.41, 5.74) is 0.835. The maximum atomic E-state index is 9.95. The predicted molar refractivity (Wildman–Crippen MR) is 51.5 cm³/mol. The first-order valence-electron chi connectivity index (χ1n) is 4.82. The van der Waals surface area contributed by atoms with E-state index in [9.17, 15) is 10.2 Å². The molecule has 2 N–H and O–H groups in total. The largest absolute Gasteiger partial charge is 0.388 e. The fraction of sp³-hybridized carbons (Fsp3) is 0.455. The zero-order valence-corrected chi connectivity index (χ0v) is 7.84. The topological polar surface area (TPSA) is 49.7 Å². The van der Waals surface area contributed by atoms with Crippen molar-refractivity contribution in [2.75, 3.05) is 6.61 Å². The number of rotatable bonds is 2. The van der Waals surface area contributed by atoms with Crippen molar-refractivity contribution in [1.82, 2.24) is 0 Å². The van der Waals surface area contributed by atoms with E-state index in [1.807, 2.05) is 30.3 Å². The van der Waals surface area contributed by atoms with Crippen LogP contribution in [0.4, 0.5) is 0 Å². The van der Waals surface area contributed by atoms with Gasteiger partial charge in [0.05, 0.1) is 12.7 Å². The van der Waals surface area contributed by atoms with Gasteiger partial charge >= 0.3 is 0 Å². The van der Waals surface area contributed by atoms with E-state index >= 15 is 0 Å². The van der Waals surface area contributed by atoms with Gasteiger partial charge in [-0.05, 0) is 12.0 Å². The summed E-state index contributed by atoms with van der Waals surface area (Å²) in [5.74, 6) is -0.197. The van der Waals surface area contributed by atoms with Crippen LogP contribution in [-0.2, 0) is 4.74 Å². The Morgan fingerprint density at radius 2 is 2.00 bits per heavy atom. The molecule has 0 spiro atoms. The maximum Gasteiger partial charge on any atom is 0.160 e. The number of ether oxygens (including phenoxy) is 1. The Hall–Kier alpha value is -0.900. The zero-order chi connectivity index (χ0) is 9.97. The van der Waals surface area contributed by atoms with E-state index < -0.39 is 12.4 Å². The maximum absolute atomic E-state index is 9.95. The molecular weight excluding hydrogens is 180 g/mol. The summed E-state index contributed by atoms with van der Waals surface area (Å²) in [6.07, 6.45) is -0.754. The van der Waals surface area contributed by atoms with E-state index in [0.717, 1.165) is 5.56 Å². The van der Waals surface area contributed by atoms with Gasteiger partial charge in [0.25, 0.3) is 0 Å². The fourth-order valence-electron chi connectivity index (χ4n) is 1.80. The summed E-state index contributed by atoms with van der Waals surface area (Å²) in [4.78, 5) is 0. The highest BCUT2D eigenvalue weighted by Gasteiger charge is 2.33. The highest BCUT2D eigenvalue weighted by Crippen LogP contribution is 2.31. The molecule has 3 nitrogen and oxygen atoms in total. The van der Waals surface area contributed by atoms with Crippen LogP contribution in [0.15, 0.2) is 30.3 Å². The summed E-state index contributed by atoms with van der Waals surface area (Å²) in [7, 11) is 0. The van der Waals surface area contributed by atoms with E-state index in [1.54, 1.807) is 0 Å². The first-order valence-corrected chi connectivity index (χ1v) is 4.82. The summed E-state index contributed by atoms with van der Waals surface area (Å²) in [6, 6.07) is 9.37. The van der Waals surface area contributed by atoms with Crippen LogP contribution in [0.25, 0.3) is 0 Å². The third-order valence-electron chi connectivity index (χ3n) is 2.65. The lowest BCUT2D eigenvalue weighted by Crippen LogP contribution is -2.21. The van der Waals surface area contributed by atoms with Gasteiger partial charge in [-0.3, -0.25) is 0 Å². The Morgan fingerprint density at radius 1 is 1.29 bits per heavy atom. The molecule has 2 rings (SSSR count). The summed E-state index contributed by atoms with van der Waals surface area (Å²) < 4.78 is 5.00. The van der Waals surface area contributed by atoms with Crippen LogP contribution < -0.4 is 0 Å². The van der Waals surface area contributed by atoms with Crippen LogP contribution in [0.2, 0.25) is 0 Å². The molecule has 1 heterocycles. The second kappa shape index (κ2) is 4.09. The third-order valence-corrected chi connectivity index (χ3v) is 2.65. The molecule has 0 aromatic heterocycles. The smallest absolute Gasteiger partial charge is 0.160 e. The quantitative estimate of drug-likeness (QED) is 0.740. The van der Waals surface area contributed by atoms with Crippen LogP contribution in [-0.4, -0.2) is 23.1 Å². The van der Waals surface area contributed by atoms with Crippen LogP contribution in [0, 0.1) is 5.92 Å². The minimum atomic E-state index is -0.829. The van der Waals surface area contributed by atoms with Crippen molar-refractivity contribution in [3.8, 4) is 0 Å². The van der Waals surface area contributed by atoms with Crippen LogP contribution in [0.5, 0.6) is 0 Å². The van der Waals surface area contributed by atoms with E-state index in [1.165, 1.54) is 0 Å². The van der Waals surface area contributed by atoms with E-state index in [0.29, 0.717) is 13.0 Å². The zero-order valence-electron chi connectivity index (χ0n) is 7.84. The molecule has 1 aromatic rings. The average Bonchev–Trinajstić information content (AvgIpc) is 2.65. The number of aliphatic hydroxyl groups is 2. The Labute approximate surface area is 83.0 Å². The monoisotopic (exact) mass is 194 g/mol. The van der Waals surface area contributed by atoms with Gasteiger partial charge in [-0.15, -0.1) is 0 Å². The van der Waals surface area contributed by atoms with Gasteiger partial charge in [-0.25, -0.2) is 0 Å². The SMILES string of the molecule is OC1OCCC1C(O)c1ccccc1. The van der Waals surface area contributed by atoms with Crippen molar-refractivity contribution in [2.24, 2.45) is 5.92 Å². The fourth-order valence-corrected chi connectivity index (χ4v) is 1.80. The molecule has 3 unspecified atom stereocenters. The molecule has 3 heteroatoms. The number of aliphatic hydroxyl groups excluding tert-OH is 2. The minimum absolute atomic E-state index is 0.197. The lowest BCUT2D eigenvalue weighted by molar-refractivity contribution is -0.106. The van der Waals surface area contributed by atoms with E-state index in [2.05, 4.69) is 0 Å². The molecule has 1 aromatic carbocycles. The number of hydrogen-bond donors (Lipinski definition) is 2. The Balaban J connectivity index is 2.12. The van der Waals surface area contributed by atoms with Gasteiger partial charge in [0.15, 0.2) is 6.29 Å². The molecule has 1 fully saturated rings. The van der Waals surface area contributed by atoms with Crippen LogP contribution in [0.1, 0.15) is 18.1 Å². The lowest BCUT2D eigenvalue weighted by Gasteiger charge is -2.19. The third kappa shape index (κ3) is 1.80. The first-order chi connectivity index (χ1) is 6.79. The summed E-state index contributed by atoms with van der Waals surface area (Å²) in [5, 5.41) is 19.4. The number of benzene rings is 1. The molecule has 3 atom stereocenters. The van der Waals surface area contributed by atoms with Crippen molar-refractivity contribution in [3.05, 3.63) is 35.9 Å². The molecule has 0 amide bonds. The Kier molecular flexibility index (Phi) is 2.82. The van der Waals surface area contributed by atoms with Gasteiger partial charge in [-0.1, -0.05) is 30.3 Å². The molecule has 0 bridgehead atoms. The minimum Gasteiger partial charge on any atom is -0.388 e. The molecule has 1 aliphatic heterocycles. The van der Waals surface area contributed by atoms with Gasteiger partial charge in [0.1, 0.15) is 0 Å². The van der Waals surface area contributed by atoms with Crippen LogP contribution >= 0.6 is 0 Å². The summed E-state index contributed by atoms with van der Waals surface area (Å²) >= 11 is 0.